The van der Waals surface area contributed by atoms with E-state index in [1.165, 1.54) is 5.56 Å². The summed E-state index contributed by atoms with van der Waals surface area (Å²) in [6, 6.07) is 8.82. The summed E-state index contributed by atoms with van der Waals surface area (Å²) in [6.07, 6.45) is 1.38. The minimum Gasteiger partial charge on any atom is -0.491 e. The van der Waals surface area contributed by atoms with E-state index in [1.807, 2.05) is 13.8 Å². The molecule has 1 aromatic carbocycles. The van der Waals surface area contributed by atoms with E-state index in [1.54, 1.807) is 0 Å². The highest BCUT2D eigenvalue weighted by Crippen LogP contribution is 2.19. The van der Waals surface area contributed by atoms with E-state index in [2.05, 4.69) is 55.5 Å². The number of rotatable bonds is 8. The smallest absolute Gasteiger partial charge is 0.119 e. The van der Waals surface area contributed by atoms with Crippen LogP contribution in [0.3, 0.4) is 0 Å². The van der Waals surface area contributed by atoms with Crippen LogP contribution >= 0.6 is 0 Å². The first-order valence-electron chi connectivity index (χ1n) is 7.17. The summed E-state index contributed by atoms with van der Waals surface area (Å²) in [4.78, 5) is 2.21. The zero-order valence-electron chi connectivity index (χ0n) is 12.9. The van der Waals surface area contributed by atoms with Crippen LogP contribution in [0.1, 0.15) is 38.8 Å². The highest BCUT2D eigenvalue weighted by atomic mass is 16.5. The molecule has 19 heavy (non-hydrogen) atoms. The van der Waals surface area contributed by atoms with Gasteiger partial charge in [-0.15, -0.1) is 0 Å². The van der Waals surface area contributed by atoms with E-state index < -0.39 is 0 Å². The predicted octanol–water partition coefficient (Wildman–Crippen LogP) is 3.08. The molecule has 3 nitrogen and oxygen atoms in total. The molecule has 1 N–H and O–H groups in total. The van der Waals surface area contributed by atoms with Crippen molar-refractivity contribution in [2.45, 2.75) is 39.3 Å². The second kappa shape index (κ2) is 8.18. The highest BCUT2D eigenvalue weighted by molar-refractivity contribution is 5.29. The molecule has 0 radical (unpaired) electrons. The van der Waals surface area contributed by atoms with Gasteiger partial charge in [0.25, 0.3) is 0 Å². The third-order valence-corrected chi connectivity index (χ3v) is 2.84. The Bertz CT molecular complexity index is 346. The fourth-order valence-corrected chi connectivity index (χ4v) is 2.02. The molecule has 0 saturated carbocycles. The number of likely N-dealkylation sites (N-methyl/N-ethyl adjacent to an activating group) is 1. The molecule has 0 aliphatic heterocycles. The van der Waals surface area contributed by atoms with Crippen molar-refractivity contribution in [3.05, 3.63) is 29.8 Å². The fraction of sp³-hybridized carbons (Fsp3) is 0.625. The fourth-order valence-electron chi connectivity index (χ4n) is 2.02. The molecular formula is C16H28N2O. The number of ether oxygens (including phenoxy) is 1. The first-order chi connectivity index (χ1) is 9.02. The summed E-state index contributed by atoms with van der Waals surface area (Å²) >= 11 is 0. The molecule has 0 aliphatic rings. The Balaban J connectivity index is 2.72. The van der Waals surface area contributed by atoms with Gasteiger partial charge in [-0.2, -0.15) is 0 Å². The van der Waals surface area contributed by atoms with Gasteiger partial charge in [-0.25, -0.2) is 0 Å². The number of benzene rings is 1. The average Bonchev–Trinajstić information content (AvgIpc) is 2.34. The van der Waals surface area contributed by atoms with Crippen molar-refractivity contribution in [2.75, 3.05) is 27.2 Å². The first kappa shape index (κ1) is 16.0. The van der Waals surface area contributed by atoms with Gasteiger partial charge in [0.05, 0.1) is 6.10 Å². The highest BCUT2D eigenvalue weighted by Gasteiger charge is 2.11. The zero-order valence-corrected chi connectivity index (χ0v) is 12.9. The van der Waals surface area contributed by atoms with Crippen molar-refractivity contribution >= 4 is 0 Å². The molecule has 0 heterocycles. The van der Waals surface area contributed by atoms with E-state index in [9.17, 15) is 0 Å². The van der Waals surface area contributed by atoms with E-state index in [0.717, 1.165) is 25.3 Å². The van der Waals surface area contributed by atoms with Crippen LogP contribution in [0.2, 0.25) is 0 Å². The van der Waals surface area contributed by atoms with Gasteiger partial charge in [-0.05, 0) is 58.6 Å². The van der Waals surface area contributed by atoms with Crippen molar-refractivity contribution in [2.24, 2.45) is 0 Å². The molecule has 3 heteroatoms. The van der Waals surface area contributed by atoms with Gasteiger partial charge in [0.2, 0.25) is 0 Å². The second-order valence-electron chi connectivity index (χ2n) is 5.50. The Morgan fingerprint density at radius 3 is 2.26 bits per heavy atom. The van der Waals surface area contributed by atoms with E-state index in [0.29, 0.717) is 6.04 Å². The SMILES string of the molecule is CCCNC(CN(C)C)c1ccc(OC(C)C)cc1. The third kappa shape index (κ3) is 6.08. The lowest BCUT2D eigenvalue weighted by atomic mass is 10.1. The molecule has 0 aliphatic carbocycles. The van der Waals surface area contributed by atoms with E-state index >= 15 is 0 Å². The van der Waals surface area contributed by atoms with Crippen molar-refractivity contribution in [3.63, 3.8) is 0 Å². The molecular weight excluding hydrogens is 236 g/mol. The summed E-state index contributed by atoms with van der Waals surface area (Å²) in [5.74, 6) is 0.942. The number of nitrogens with one attached hydrogen (secondary N) is 1. The van der Waals surface area contributed by atoms with E-state index in [-0.39, 0.29) is 6.10 Å². The summed E-state index contributed by atoms with van der Waals surface area (Å²) in [5.41, 5.74) is 1.32. The first-order valence-corrected chi connectivity index (χ1v) is 7.17. The maximum atomic E-state index is 5.68. The van der Waals surface area contributed by atoms with Crippen LogP contribution in [0.25, 0.3) is 0 Å². The Kier molecular flexibility index (Phi) is 6.89. The zero-order chi connectivity index (χ0) is 14.3. The molecule has 0 aromatic heterocycles. The Morgan fingerprint density at radius 1 is 1.16 bits per heavy atom. The molecule has 0 fully saturated rings. The van der Waals surface area contributed by atoms with Crippen molar-refractivity contribution in [1.82, 2.24) is 10.2 Å². The van der Waals surface area contributed by atoms with Crippen molar-refractivity contribution in [3.8, 4) is 5.75 Å². The van der Waals surface area contributed by atoms with Gasteiger partial charge >= 0.3 is 0 Å². The van der Waals surface area contributed by atoms with Crippen LogP contribution in [0.5, 0.6) is 5.75 Å². The van der Waals surface area contributed by atoms with Crippen LogP contribution < -0.4 is 10.1 Å². The van der Waals surface area contributed by atoms with E-state index in [4.69, 9.17) is 4.74 Å². The van der Waals surface area contributed by atoms with Gasteiger partial charge in [0.1, 0.15) is 5.75 Å². The minimum atomic E-state index is 0.224. The molecule has 1 atom stereocenters. The third-order valence-electron chi connectivity index (χ3n) is 2.84. The molecule has 0 saturated heterocycles. The number of hydrogen-bond acceptors (Lipinski definition) is 3. The molecule has 1 unspecified atom stereocenters. The lowest BCUT2D eigenvalue weighted by Gasteiger charge is -2.23. The lowest BCUT2D eigenvalue weighted by Crippen LogP contribution is -2.31. The Morgan fingerprint density at radius 2 is 1.79 bits per heavy atom. The van der Waals surface area contributed by atoms with Crippen LogP contribution in [0.4, 0.5) is 0 Å². The monoisotopic (exact) mass is 264 g/mol. The molecule has 1 rings (SSSR count). The normalized spacial score (nSPS) is 13.0. The van der Waals surface area contributed by atoms with Crippen LogP contribution in [0, 0.1) is 0 Å². The molecule has 0 amide bonds. The average molecular weight is 264 g/mol. The summed E-state index contributed by atoms with van der Waals surface area (Å²) in [5, 5.41) is 3.59. The summed E-state index contributed by atoms with van der Waals surface area (Å²) < 4.78 is 5.68. The topological polar surface area (TPSA) is 24.5 Å². The van der Waals surface area contributed by atoms with Gasteiger partial charge in [-0.3, -0.25) is 0 Å². The maximum Gasteiger partial charge on any atom is 0.119 e. The van der Waals surface area contributed by atoms with Gasteiger partial charge in [0.15, 0.2) is 0 Å². The molecule has 0 spiro atoms. The van der Waals surface area contributed by atoms with Gasteiger partial charge in [-0.1, -0.05) is 19.1 Å². The van der Waals surface area contributed by atoms with Gasteiger partial charge < -0.3 is 15.0 Å². The van der Waals surface area contributed by atoms with Gasteiger partial charge in [0, 0.05) is 12.6 Å². The molecule has 1 aromatic rings. The quantitative estimate of drug-likeness (QED) is 0.781. The minimum absolute atomic E-state index is 0.224. The maximum absolute atomic E-state index is 5.68. The standard InChI is InChI=1S/C16H28N2O/c1-6-11-17-16(12-18(4)5)14-7-9-15(10-8-14)19-13(2)3/h7-10,13,16-17H,6,11-12H2,1-5H3. The Labute approximate surface area is 118 Å². The molecule has 0 bridgehead atoms. The predicted molar refractivity (Wildman–Crippen MR) is 81.8 cm³/mol. The largest absolute Gasteiger partial charge is 0.491 e. The summed E-state index contributed by atoms with van der Waals surface area (Å²) in [7, 11) is 4.22. The second-order valence-corrected chi connectivity index (χ2v) is 5.50. The van der Waals surface area contributed by atoms with Crippen LogP contribution in [-0.2, 0) is 0 Å². The summed E-state index contributed by atoms with van der Waals surface area (Å²) in [6.45, 7) is 8.34. The van der Waals surface area contributed by atoms with Crippen molar-refractivity contribution in [1.29, 1.82) is 0 Å². The van der Waals surface area contributed by atoms with Crippen LogP contribution in [-0.4, -0.2) is 38.2 Å². The molecule has 108 valence electrons. The van der Waals surface area contributed by atoms with Crippen LogP contribution in [0.15, 0.2) is 24.3 Å². The van der Waals surface area contributed by atoms with Crippen molar-refractivity contribution < 1.29 is 4.74 Å². The number of hydrogen-bond donors (Lipinski definition) is 1. The lowest BCUT2D eigenvalue weighted by molar-refractivity contribution is 0.242. The Hall–Kier alpha value is -1.06. The number of nitrogens with zero attached hydrogens (tertiary/aromatic N) is 1.